The molecule has 1 aliphatic carbocycles. The molecule has 1 aliphatic heterocycles. The highest BCUT2D eigenvalue weighted by molar-refractivity contribution is 7.10. The number of likely N-dealkylation sites (tertiary alicyclic amines) is 1. The van der Waals surface area contributed by atoms with Crippen LogP contribution >= 0.6 is 11.3 Å². The smallest absolute Gasteiger partial charge is 0.0107 e. The predicted octanol–water partition coefficient (Wildman–Crippen LogP) is 3.05. The fraction of sp³-hybridized carbons (Fsp3) is 0.692. The largest absolute Gasteiger partial charge is 0.300 e. The Balaban J connectivity index is 1.90. The van der Waals surface area contributed by atoms with Crippen molar-refractivity contribution in [1.29, 1.82) is 0 Å². The van der Waals surface area contributed by atoms with Gasteiger partial charge < -0.3 is 4.90 Å². The summed E-state index contributed by atoms with van der Waals surface area (Å²) in [4.78, 5) is 4.31. The number of hydrogen-bond acceptors (Lipinski definition) is 2. The Morgan fingerprint density at radius 3 is 3.00 bits per heavy atom. The number of hydrogen-bond donors (Lipinski definition) is 0. The zero-order valence-corrected chi connectivity index (χ0v) is 10.4. The maximum absolute atomic E-state index is 2.65. The molecule has 2 heterocycles. The van der Waals surface area contributed by atoms with Gasteiger partial charge >= 0.3 is 0 Å². The first kappa shape index (κ1) is 9.86. The SMILES string of the molecule is CC(C)N1CCC2(CCc3sccc32)C1. The first-order valence-electron chi connectivity index (χ1n) is 6.02. The third kappa shape index (κ3) is 1.38. The Morgan fingerprint density at radius 2 is 2.27 bits per heavy atom. The van der Waals surface area contributed by atoms with Gasteiger partial charge in [-0.2, -0.15) is 0 Å². The molecule has 1 spiro atoms. The zero-order valence-electron chi connectivity index (χ0n) is 9.62. The highest BCUT2D eigenvalue weighted by Gasteiger charge is 2.44. The van der Waals surface area contributed by atoms with Crippen molar-refractivity contribution in [2.75, 3.05) is 13.1 Å². The van der Waals surface area contributed by atoms with Crippen LogP contribution in [0.3, 0.4) is 0 Å². The second-order valence-corrected chi connectivity index (χ2v) is 6.35. The summed E-state index contributed by atoms with van der Waals surface area (Å²) in [7, 11) is 0. The van der Waals surface area contributed by atoms with Gasteiger partial charge in [0.2, 0.25) is 0 Å². The summed E-state index contributed by atoms with van der Waals surface area (Å²) in [6.07, 6.45) is 4.12. The van der Waals surface area contributed by atoms with Crippen LogP contribution in [0, 0.1) is 0 Å². The van der Waals surface area contributed by atoms with Gasteiger partial charge in [0.1, 0.15) is 0 Å². The monoisotopic (exact) mass is 221 g/mol. The Bertz CT molecular complexity index is 368. The van der Waals surface area contributed by atoms with E-state index in [0.717, 1.165) is 0 Å². The van der Waals surface area contributed by atoms with Crippen molar-refractivity contribution in [1.82, 2.24) is 4.90 Å². The lowest BCUT2D eigenvalue weighted by molar-refractivity contribution is 0.255. The number of aryl methyl sites for hydroxylation is 1. The van der Waals surface area contributed by atoms with Crippen LogP contribution in [-0.4, -0.2) is 24.0 Å². The van der Waals surface area contributed by atoms with Crippen molar-refractivity contribution in [3.05, 3.63) is 21.9 Å². The molecular formula is C13H19NS. The lowest BCUT2D eigenvalue weighted by atomic mass is 9.82. The molecule has 2 aliphatic rings. The molecule has 1 fully saturated rings. The summed E-state index contributed by atoms with van der Waals surface area (Å²) >= 11 is 1.96. The zero-order chi connectivity index (χ0) is 10.5. The Morgan fingerprint density at radius 1 is 1.40 bits per heavy atom. The third-order valence-corrected chi connectivity index (χ3v) is 5.24. The van der Waals surface area contributed by atoms with Gasteiger partial charge in [0, 0.05) is 22.9 Å². The van der Waals surface area contributed by atoms with E-state index >= 15 is 0 Å². The van der Waals surface area contributed by atoms with Gasteiger partial charge in [-0.25, -0.2) is 0 Å². The molecule has 0 aromatic carbocycles. The summed E-state index contributed by atoms with van der Waals surface area (Å²) in [5.74, 6) is 0. The average molecular weight is 221 g/mol. The van der Waals surface area contributed by atoms with E-state index in [1.54, 1.807) is 10.4 Å². The lowest BCUT2D eigenvalue weighted by Gasteiger charge is -2.26. The summed E-state index contributed by atoms with van der Waals surface area (Å²) < 4.78 is 0. The van der Waals surface area contributed by atoms with E-state index in [1.807, 2.05) is 11.3 Å². The minimum absolute atomic E-state index is 0.541. The summed E-state index contributed by atoms with van der Waals surface area (Å²) in [6, 6.07) is 3.10. The van der Waals surface area contributed by atoms with Gasteiger partial charge in [-0.1, -0.05) is 0 Å². The fourth-order valence-electron chi connectivity index (χ4n) is 3.26. The van der Waals surface area contributed by atoms with Crippen LogP contribution in [0.1, 0.15) is 37.1 Å². The van der Waals surface area contributed by atoms with Crippen LogP contribution in [0.2, 0.25) is 0 Å². The molecule has 2 heteroatoms. The van der Waals surface area contributed by atoms with Gasteiger partial charge in [-0.05, 0) is 56.7 Å². The third-order valence-electron chi connectivity index (χ3n) is 4.26. The molecule has 15 heavy (non-hydrogen) atoms. The predicted molar refractivity (Wildman–Crippen MR) is 65.6 cm³/mol. The number of thiophene rings is 1. The van der Waals surface area contributed by atoms with Crippen LogP contribution in [0.4, 0.5) is 0 Å². The molecule has 0 saturated carbocycles. The van der Waals surface area contributed by atoms with Crippen LogP contribution in [0.15, 0.2) is 11.4 Å². The summed E-state index contributed by atoms with van der Waals surface area (Å²) in [6.45, 7) is 7.24. The molecule has 82 valence electrons. The quantitative estimate of drug-likeness (QED) is 0.704. The van der Waals surface area contributed by atoms with Gasteiger partial charge in [0.15, 0.2) is 0 Å². The van der Waals surface area contributed by atoms with Gasteiger partial charge in [-0.15, -0.1) is 11.3 Å². The molecule has 1 aromatic rings. The maximum atomic E-state index is 2.65. The van der Waals surface area contributed by atoms with Crippen molar-refractivity contribution in [2.24, 2.45) is 0 Å². The minimum atomic E-state index is 0.541. The average Bonchev–Trinajstić information content (AvgIpc) is 2.88. The second-order valence-electron chi connectivity index (χ2n) is 5.35. The highest BCUT2D eigenvalue weighted by atomic mass is 32.1. The van der Waals surface area contributed by atoms with Gasteiger partial charge in [0.25, 0.3) is 0 Å². The van der Waals surface area contributed by atoms with E-state index in [-0.39, 0.29) is 0 Å². The van der Waals surface area contributed by atoms with Crippen LogP contribution in [0.25, 0.3) is 0 Å². The van der Waals surface area contributed by atoms with E-state index in [9.17, 15) is 0 Å². The first-order chi connectivity index (χ1) is 7.21. The molecule has 1 unspecified atom stereocenters. The van der Waals surface area contributed by atoms with E-state index < -0.39 is 0 Å². The van der Waals surface area contributed by atoms with Gasteiger partial charge in [0.05, 0.1) is 0 Å². The number of rotatable bonds is 1. The lowest BCUT2D eigenvalue weighted by Crippen LogP contribution is -2.33. The highest BCUT2D eigenvalue weighted by Crippen LogP contribution is 2.47. The number of fused-ring (bicyclic) bond motifs is 2. The van der Waals surface area contributed by atoms with Crippen LogP contribution < -0.4 is 0 Å². The van der Waals surface area contributed by atoms with E-state index in [1.165, 1.54) is 32.4 Å². The molecule has 0 amide bonds. The van der Waals surface area contributed by atoms with Crippen LogP contribution in [0.5, 0.6) is 0 Å². The van der Waals surface area contributed by atoms with Crippen molar-refractivity contribution >= 4 is 11.3 Å². The van der Waals surface area contributed by atoms with Crippen LogP contribution in [-0.2, 0) is 11.8 Å². The molecule has 1 aromatic heterocycles. The fourth-order valence-corrected chi connectivity index (χ4v) is 4.26. The van der Waals surface area contributed by atoms with Crippen molar-refractivity contribution in [3.63, 3.8) is 0 Å². The summed E-state index contributed by atoms with van der Waals surface area (Å²) in [5.41, 5.74) is 2.23. The Kier molecular flexibility index (Phi) is 2.18. The van der Waals surface area contributed by atoms with Gasteiger partial charge in [-0.3, -0.25) is 0 Å². The minimum Gasteiger partial charge on any atom is -0.300 e. The van der Waals surface area contributed by atoms with Crippen molar-refractivity contribution in [3.8, 4) is 0 Å². The second kappa shape index (κ2) is 3.33. The molecule has 1 nitrogen and oxygen atoms in total. The first-order valence-corrected chi connectivity index (χ1v) is 6.90. The molecular weight excluding hydrogens is 202 g/mol. The standard InChI is InChI=1S/C13H19NS/c1-10(2)14-7-6-13(9-14)5-3-12-11(13)4-8-15-12/h4,8,10H,3,5-7,9H2,1-2H3. The molecule has 1 atom stereocenters. The number of nitrogens with zero attached hydrogens (tertiary/aromatic N) is 1. The normalized spacial score (nSPS) is 30.6. The molecule has 0 bridgehead atoms. The topological polar surface area (TPSA) is 3.24 Å². The molecule has 1 saturated heterocycles. The molecule has 3 rings (SSSR count). The Hall–Kier alpha value is -0.340. The van der Waals surface area contributed by atoms with Crippen molar-refractivity contribution < 1.29 is 0 Å². The van der Waals surface area contributed by atoms with E-state index in [0.29, 0.717) is 11.5 Å². The van der Waals surface area contributed by atoms with E-state index in [2.05, 4.69) is 30.2 Å². The Labute approximate surface area is 96.1 Å². The molecule has 0 radical (unpaired) electrons. The maximum Gasteiger partial charge on any atom is 0.0107 e. The van der Waals surface area contributed by atoms with E-state index in [4.69, 9.17) is 0 Å². The van der Waals surface area contributed by atoms with Crippen molar-refractivity contribution in [2.45, 2.75) is 44.6 Å². The summed E-state index contributed by atoms with van der Waals surface area (Å²) in [5, 5.41) is 2.28. The molecule has 0 N–H and O–H groups in total.